The topological polar surface area (TPSA) is 98.7 Å². The molecule has 1 aliphatic carbocycles. The van der Waals surface area contributed by atoms with E-state index in [2.05, 4.69) is 29.3 Å². The molecule has 4 N–H and O–H groups in total. The number of phenolic OH excluding ortho intramolecular Hbond substituents is 1. The lowest BCUT2D eigenvalue weighted by molar-refractivity contribution is 0.0933. The van der Waals surface area contributed by atoms with Gasteiger partial charge in [0.1, 0.15) is 11.6 Å². The zero-order chi connectivity index (χ0) is 22.7. The van der Waals surface area contributed by atoms with Crippen molar-refractivity contribution in [1.29, 1.82) is 0 Å². The Balaban J connectivity index is 0.000000423. The van der Waals surface area contributed by atoms with Gasteiger partial charge in [-0.1, -0.05) is 55.7 Å². The molecular weight excluding hydrogens is 399 g/mol. The van der Waals surface area contributed by atoms with Gasteiger partial charge in [0.2, 0.25) is 0 Å². The van der Waals surface area contributed by atoms with Crippen LogP contribution in [-0.4, -0.2) is 35.3 Å². The molecule has 0 unspecified atom stereocenters. The molecule has 0 aromatic heterocycles. The summed E-state index contributed by atoms with van der Waals surface area (Å²) in [5.41, 5.74) is 1.13. The SMILES string of the molecule is C=CCNC(=O)O.O=C(NCC1(c2ccccc2)CCCCC1)c1cc(F)ccc1O. The minimum absolute atomic E-state index is 0.0194. The molecule has 0 spiro atoms. The summed E-state index contributed by atoms with van der Waals surface area (Å²) in [6, 6.07) is 13.7. The number of amides is 2. The maximum Gasteiger partial charge on any atom is 0.404 e. The van der Waals surface area contributed by atoms with E-state index in [1.807, 2.05) is 18.2 Å². The van der Waals surface area contributed by atoms with Crippen molar-refractivity contribution in [3.8, 4) is 5.75 Å². The lowest BCUT2D eigenvalue weighted by Gasteiger charge is -2.38. The van der Waals surface area contributed by atoms with Crippen molar-refractivity contribution < 1.29 is 24.2 Å². The third-order valence-electron chi connectivity index (χ3n) is 5.39. The standard InChI is InChI=1S/C20H22FNO2.C4H7NO2/c21-16-9-10-18(23)17(13-16)19(24)22-14-20(11-5-2-6-12-20)15-7-3-1-4-8-15;1-2-3-5-4(6)7/h1,3-4,7-10,13,23H,2,5-6,11-12,14H2,(H,22,24);2,5H,1,3H2,(H,6,7). The molecule has 0 atom stereocenters. The van der Waals surface area contributed by atoms with Crippen LogP contribution in [-0.2, 0) is 5.41 Å². The van der Waals surface area contributed by atoms with E-state index in [4.69, 9.17) is 5.11 Å². The second kappa shape index (κ2) is 11.7. The molecule has 1 aliphatic rings. The average Bonchev–Trinajstić information content (AvgIpc) is 2.79. The third-order valence-corrected chi connectivity index (χ3v) is 5.39. The van der Waals surface area contributed by atoms with Crippen LogP contribution in [0.2, 0.25) is 0 Å². The van der Waals surface area contributed by atoms with E-state index in [1.54, 1.807) is 0 Å². The number of nitrogens with one attached hydrogen (secondary N) is 2. The highest BCUT2D eigenvalue weighted by molar-refractivity contribution is 5.96. The number of phenols is 1. The van der Waals surface area contributed by atoms with Gasteiger partial charge in [-0.15, -0.1) is 6.58 Å². The molecule has 0 heterocycles. The number of aromatic hydroxyl groups is 1. The molecule has 2 amide bonds. The largest absolute Gasteiger partial charge is 0.507 e. The quantitative estimate of drug-likeness (QED) is 0.505. The van der Waals surface area contributed by atoms with Crippen LogP contribution >= 0.6 is 0 Å². The van der Waals surface area contributed by atoms with Crippen molar-refractivity contribution in [3.63, 3.8) is 0 Å². The number of carboxylic acid groups (broad SMARTS) is 1. The number of carbonyl (C=O) groups excluding carboxylic acids is 1. The molecule has 0 bridgehead atoms. The van der Waals surface area contributed by atoms with Gasteiger partial charge in [-0.05, 0) is 36.6 Å². The maximum atomic E-state index is 13.4. The van der Waals surface area contributed by atoms with Crippen molar-refractivity contribution in [3.05, 3.63) is 78.1 Å². The van der Waals surface area contributed by atoms with Gasteiger partial charge < -0.3 is 20.8 Å². The summed E-state index contributed by atoms with van der Waals surface area (Å²) < 4.78 is 13.4. The molecule has 166 valence electrons. The summed E-state index contributed by atoms with van der Waals surface area (Å²) in [4.78, 5) is 22.0. The van der Waals surface area contributed by atoms with Crippen molar-refractivity contribution in [2.75, 3.05) is 13.1 Å². The van der Waals surface area contributed by atoms with E-state index in [1.165, 1.54) is 24.1 Å². The van der Waals surface area contributed by atoms with Gasteiger partial charge in [0.15, 0.2) is 0 Å². The van der Waals surface area contributed by atoms with E-state index in [9.17, 15) is 19.1 Å². The Bertz CT molecular complexity index is 880. The second-order valence-corrected chi connectivity index (χ2v) is 7.53. The Kier molecular flexibility index (Phi) is 9.06. The summed E-state index contributed by atoms with van der Waals surface area (Å²) in [5.74, 6) is -1.17. The van der Waals surface area contributed by atoms with Gasteiger partial charge in [0, 0.05) is 18.5 Å². The number of hydrogen-bond acceptors (Lipinski definition) is 3. The van der Waals surface area contributed by atoms with Crippen LogP contribution in [0, 0.1) is 5.82 Å². The Hall–Kier alpha value is -3.35. The Morgan fingerprint density at radius 2 is 1.74 bits per heavy atom. The van der Waals surface area contributed by atoms with Gasteiger partial charge in [-0.25, -0.2) is 9.18 Å². The van der Waals surface area contributed by atoms with Crippen LogP contribution in [0.4, 0.5) is 9.18 Å². The van der Waals surface area contributed by atoms with Gasteiger partial charge in [-0.2, -0.15) is 0 Å². The van der Waals surface area contributed by atoms with E-state index in [-0.39, 0.29) is 16.7 Å². The molecule has 6 nitrogen and oxygen atoms in total. The minimum Gasteiger partial charge on any atom is -0.507 e. The molecule has 0 aliphatic heterocycles. The van der Waals surface area contributed by atoms with E-state index in [0.29, 0.717) is 13.1 Å². The lowest BCUT2D eigenvalue weighted by atomic mass is 9.69. The Morgan fingerprint density at radius 1 is 1.06 bits per heavy atom. The first-order valence-corrected chi connectivity index (χ1v) is 10.3. The summed E-state index contributed by atoms with van der Waals surface area (Å²) in [6.07, 6.45) is 5.99. The van der Waals surface area contributed by atoms with Crippen molar-refractivity contribution >= 4 is 12.0 Å². The molecule has 3 rings (SSSR count). The van der Waals surface area contributed by atoms with Gasteiger partial charge in [0.05, 0.1) is 5.56 Å². The second-order valence-electron chi connectivity index (χ2n) is 7.53. The molecule has 31 heavy (non-hydrogen) atoms. The molecular formula is C24H29FN2O4. The summed E-state index contributed by atoms with van der Waals surface area (Å²) in [6.45, 7) is 4.11. The van der Waals surface area contributed by atoms with E-state index >= 15 is 0 Å². The molecule has 0 radical (unpaired) electrons. The van der Waals surface area contributed by atoms with Crippen molar-refractivity contribution in [2.24, 2.45) is 0 Å². The number of benzene rings is 2. The van der Waals surface area contributed by atoms with Crippen molar-refractivity contribution in [2.45, 2.75) is 37.5 Å². The van der Waals surface area contributed by atoms with Gasteiger partial charge in [0.25, 0.3) is 5.91 Å². The lowest BCUT2D eigenvalue weighted by Crippen LogP contribution is -2.42. The summed E-state index contributed by atoms with van der Waals surface area (Å²) in [5, 5.41) is 22.7. The molecule has 2 aromatic rings. The zero-order valence-corrected chi connectivity index (χ0v) is 17.4. The molecule has 1 fully saturated rings. The molecule has 2 aromatic carbocycles. The highest BCUT2D eigenvalue weighted by atomic mass is 19.1. The van der Waals surface area contributed by atoms with Crippen LogP contribution in [0.3, 0.4) is 0 Å². The Labute approximate surface area is 181 Å². The van der Waals surface area contributed by atoms with Crippen LogP contribution in [0.5, 0.6) is 5.75 Å². The van der Waals surface area contributed by atoms with Crippen LogP contribution < -0.4 is 10.6 Å². The van der Waals surface area contributed by atoms with Gasteiger partial charge in [-0.3, -0.25) is 4.79 Å². The first-order chi connectivity index (χ1) is 14.9. The minimum atomic E-state index is -1.01. The predicted octanol–water partition coefficient (Wildman–Crippen LogP) is 4.60. The van der Waals surface area contributed by atoms with Crippen LogP contribution in [0.15, 0.2) is 61.2 Å². The number of rotatable bonds is 6. The summed E-state index contributed by atoms with van der Waals surface area (Å²) >= 11 is 0. The zero-order valence-electron chi connectivity index (χ0n) is 17.4. The number of halogens is 1. The normalized spacial score (nSPS) is 14.5. The fraction of sp³-hybridized carbons (Fsp3) is 0.333. The fourth-order valence-electron chi connectivity index (χ4n) is 3.78. The molecule has 1 saturated carbocycles. The fourth-order valence-corrected chi connectivity index (χ4v) is 3.78. The number of carbonyl (C=O) groups is 2. The first kappa shape index (κ1) is 23.9. The van der Waals surface area contributed by atoms with Gasteiger partial charge >= 0.3 is 6.09 Å². The first-order valence-electron chi connectivity index (χ1n) is 10.3. The Morgan fingerprint density at radius 3 is 2.32 bits per heavy atom. The maximum absolute atomic E-state index is 13.4. The monoisotopic (exact) mass is 428 g/mol. The van der Waals surface area contributed by atoms with Crippen LogP contribution in [0.25, 0.3) is 0 Å². The summed E-state index contributed by atoms with van der Waals surface area (Å²) in [7, 11) is 0. The average molecular weight is 429 g/mol. The van der Waals surface area contributed by atoms with E-state index in [0.717, 1.165) is 37.8 Å². The van der Waals surface area contributed by atoms with Crippen LogP contribution in [0.1, 0.15) is 48.0 Å². The third kappa shape index (κ3) is 7.13. The van der Waals surface area contributed by atoms with E-state index < -0.39 is 17.8 Å². The highest BCUT2D eigenvalue weighted by Gasteiger charge is 2.34. The van der Waals surface area contributed by atoms with Crippen molar-refractivity contribution in [1.82, 2.24) is 10.6 Å². The number of hydrogen-bond donors (Lipinski definition) is 4. The highest BCUT2D eigenvalue weighted by Crippen LogP contribution is 2.39. The smallest absolute Gasteiger partial charge is 0.404 e. The molecule has 0 saturated heterocycles. The predicted molar refractivity (Wildman–Crippen MR) is 118 cm³/mol. The molecule has 7 heteroatoms.